The van der Waals surface area contributed by atoms with E-state index in [2.05, 4.69) is 4.98 Å². The minimum atomic E-state index is -4.02. The van der Waals surface area contributed by atoms with Gasteiger partial charge in [0.15, 0.2) is 9.84 Å². The van der Waals surface area contributed by atoms with E-state index in [9.17, 15) is 26.7 Å². The Morgan fingerprint density at radius 1 is 1.16 bits per heavy atom. The van der Waals surface area contributed by atoms with Crippen molar-refractivity contribution in [2.45, 2.75) is 21.2 Å². The molecule has 0 radical (unpaired) electrons. The number of nitrogens with one attached hydrogen (secondary N) is 1. The number of rotatable bonds is 5. The van der Waals surface area contributed by atoms with Gasteiger partial charge >= 0.3 is 5.97 Å². The normalized spacial score (nSPS) is 12.5. The zero-order valence-corrected chi connectivity index (χ0v) is 15.3. The van der Waals surface area contributed by atoms with Gasteiger partial charge in [0.1, 0.15) is 9.86 Å². The van der Waals surface area contributed by atoms with E-state index in [1.165, 1.54) is 17.5 Å². The summed E-state index contributed by atoms with van der Waals surface area (Å²) in [5.41, 5.74) is -0.0481. The molecular formula is C15H13NO6S3. The summed E-state index contributed by atoms with van der Waals surface area (Å²) in [6, 6.07) is 7.55. The molecule has 0 saturated carbocycles. The fourth-order valence-electron chi connectivity index (χ4n) is 2.55. The lowest BCUT2D eigenvalue weighted by atomic mass is 10.2. The van der Waals surface area contributed by atoms with Crippen LogP contribution >= 0.6 is 11.3 Å². The fraction of sp³-hybridized carbons (Fsp3) is 0.133. The van der Waals surface area contributed by atoms with Crippen LogP contribution in [0.5, 0.6) is 0 Å². The number of fused-ring (bicyclic) bond motifs is 1. The van der Waals surface area contributed by atoms with E-state index in [0.29, 0.717) is 4.83 Å². The van der Waals surface area contributed by atoms with Gasteiger partial charge in [-0.3, -0.25) is 4.79 Å². The predicted molar refractivity (Wildman–Crippen MR) is 92.5 cm³/mol. The van der Waals surface area contributed by atoms with Crippen molar-refractivity contribution in [2.75, 3.05) is 6.26 Å². The zero-order valence-electron chi connectivity index (χ0n) is 12.9. The Hall–Kier alpha value is -2.17. The minimum absolute atomic E-state index is 0.00329. The van der Waals surface area contributed by atoms with Crippen LogP contribution in [0.25, 0.3) is 10.2 Å². The van der Waals surface area contributed by atoms with Crippen molar-refractivity contribution < 1.29 is 26.7 Å². The Morgan fingerprint density at radius 3 is 2.36 bits per heavy atom. The number of aromatic amines is 1. The van der Waals surface area contributed by atoms with Gasteiger partial charge in [0, 0.05) is 22.6 Å². The molecule has 0 atom stereocenters. The van der Waals surface area contributed by atoms with Gasteiger partial charge in [-0.15, -0.1) is 11.3 Å². The van der Waals surface area contributed by atoms with E-state index in [0.717, 1.165) is 17.6 Å². The van der Waals surface area contributed by atoms with Crippen LogP contribution in [0.4, 0.5) is 0 Å². The summed E-state index contributed by atoms with van der Waals surface area (Å²) in [5, 5.41) is 10.4. The van der Waals surface area contributed by atoms with Crippen molar-refractivity contribution in [1.29, 1.82) is 0 Å². The molecule has 0 saturated heterocycles. The Morgan fingerprint density at radius 2 is 1.80 bits per heavy atom. The van der Waals surface area contributed by atoms with E-state index >= 15 is 0 Å². The second-order valence-corrected chi connectivity index (χ2v) is 10.1. The molecule has 10 heteroatoms. The highest BCUT2D eigenvalue weighted by atomic mass is 32.2. The highest BCUT2D eigenvalue weighted by Crippen LogP contribution is 2.37. The number of aliphatic carboxylic acids is 1. The van der Waals surface area contributed by atoms with Crippen LogP contribution in [-0.2, 0) is 30.9 Å². The molecule has 0 spiro atoms. The number of H-pyrrole nitrogens is 1. The molecule has 0 aliphatic heterocycles. The van der Waals surface area contributed by atoms with Crippen LogP contribution in [-0.4, -0.2) is 39.2 Å². The molecule has 3 aromatic rings. The van der Waals surface area contributed by atoms with Crippen LogP contribution in [0.3, 0.4) is 0 Å². The molecule has 0 fully saturated rings. The smallest absolute Gasteiger partial charge is 0.307 e. The van der Waals surface area contributed by atoms with Gasteiger partial charge in [-0.05, 0) is 12.1 Å². The molecule has 1 aromatic carbocycles. The number of carboxylic acids is 1. The van der Waals surface area contributed by atoms with Gasteiger partial charge < -0.3 is 10.1 Å². The van der Waals surface area contributed by atoms with E-state index in [1.54, 1.807) is 18.2 Å². The molecule has 0 unspecified atom stereocenters. The van der Waals surface area contributed by atoms with E-state index in [-0.39, 0.29) is 25.8 Å². The summed E-state index contributed by atoms with van der Waals surface area (Å²) < 4.78 is 49.7. The van der Waals surface area contributed by atoms with E-state index < -0.39 is 32.1 Å². The summed E-state index contributed by atoms with van der Waals surface area (Å²) in [4.78, 5) is 14.2. The molecule has 2 aromatic heterocycles. The van der Waals surface area contributed by atoms with Gasteiger partial charge in [-0.25, -0.2) is 16.8 Å². The third kappa shape index (κ3) is 3.08. The number of carbonyl (C=O) groups is 1. The third-order valence-electron chi connectivity index (χ3n) is 3.61. The van der Waals surface area contributed by atoms with Gasteiger partial charge in [0.2, 0.25) is 9.84 Å². The largest absolute Gasteiger partial charge is 0.481 e. The predicted octanol–water partition coefficient (Wildman–Crippen LogP) is 2.09. The Kier molecular flexibility index (Phi) is 4.21. The third-order valence-corrected chi connectivity index (χ3v) is 7.55. The Bertz CT molecular complexity index is 1170. The zero-order chi connectivity index (χ0) is 18.4. The first-order chi connectivity index (χ1) is 11.6. The maximum absolute atomic E-state index is 12.9. The number of sulfone groups is 2. The number of thiophene rings is 1. The first kappa shape index (κ1) is 17.6. The SMILES string of the molecule is CS(=O)(=O)c1csc2[nH]c(S(=O)(=O)c3ccccc3)c(CC(=O)O)c12. The molecule has 0 bridgehead atoms. The summed E-state index contributed by atoms with van der Waals surface area (Å²) >= 11 is 1.02. The molecular weight excluding hydrogens is 386 g/mol. The average molecular weight is 399 g/mol. The van der Waals surface area contributed by atoms with Crippen LogP contribution in [0, 0.1) is 0 Å². The van der Waals surface area contributed by atoms with Crippen LogP contribution in [0.15, 0.2) is 50.5 Å². The number of hydrogen-bond donors (Lipinski definition) is 2. The molecule has 2 heterocycles. The summed E-state index contributed by atoms with van der Waals surface area (Å²) in [6.07, 6.45) is 0.387. The van der Waals surface area contributed by atoms with Gasteiger partial charge in [-0.1, -0.05) is 18.2 Å². The van der Waals surface area contributed by atoms with Crippen molar-refractivity contribution in [1.82, 2.24) is 4.98 Å². The molecule has 0 aliphatic carbocycles. The van der Waals surface area contributed by atoms with Gasteiger partial charge in [0.25, 0.3) is 0 Å². The Labute approximate surface area is 147 Å². The lowest BCUT2D eigenvalue weighted by Gasteiger charge is -2.06. The number of benzene rings is 1. The average Bonchev–Trinajstić information content (AvgIpc) is 3.08. The van der Waals surface area contributed by atoms with Crippen molar-refractivity contribution >= 4 is 47.2 Å². The Balaban J connectivity index is 2.37. The van der Waals surface area contributed by atoms with Gasteiger partial charge in [0.05, 0.1) is 16.2 Å². The maximum atomic E-state index is 12.9. The quantitative estimate of drug-likeness (QED) is 0.677. The standard InChI is InChI=1S/C15H13NO6S3/c1-24(19,20)11-8-23-14-13(11)10(7-12(17)18)15(16-14)25(21,22)9-5-3-2-4-6-9/h2-6,8,16H,7H2,1H3,(H,17,18). The van der Waals surface area contributed by atoms with Crippen molar-refractivity contribution in [3.63, 3.8) is 0 Å². The van der Waals surface area contributed by atoms with Crippen LogP contribution in [0.1, 0.15) is 5.56 Å². The number of hydrogen-bond acceptors (Lipinski definition) is 6. The highest BCUT2D eigenvalue weighted by molar-refractivity contribution is 7.91. The lowest BCUT2D eigenvalue weighted by molar-refractivity contribution is -0.136. The van der Waals surface area contributed by atoms with Crippen molar-refractivity contribution in [3.05, 3.63) is 41.3 Å². The topological polar surface area (TPSA) is 121 Å². The molecule has 7 nitrogen and oxygen atoms in total. The minimum Gasteiger partial charge on any atom is -0.481 e. The number of aromatic nitrogens is 1. The van der Waals surface area contributed by atoms with Crippen LogP contribution in [0.2, 0.25) is 0 Å². The van der Waals surface area contributed by atoms with Crippen molar-refractivity contribution in [2.24, 2.45) is 0 Å². The molecule has 0 aliphatic rings. The monoisotopic (exact) mass is 399 g/mol. The summed E-state index contributed by atoms with van der Waals surface area (Å²) in [7, 11) is -7.65. The molecule has 132 valence electrons. The second-order valence-electron chi connectivity index (χ2n) is 5.40. The maximum Gasteiger partial charge on any atom is 0.307 e. The lowest BCUT2D eigenvalue weighted by Crippen LogP contribution is -2.09. The summed E-state index contributed by atoms with van der Waals surface area (Å²) in [6.45, 7) is 0. The number of carboxylic acid groups (broad SMARTS) is 1. The van der Waals surface area contributed by atoms with Crippen LogP contribution < -0.4 is 0 Å². The summed E-state index contributed by atoms with van der Waals surface area (Å²) in [5.74, 6) is -1.25. The first-order valence-corrected chi connectivity index (χ1v) is 11.2. The second kappa shape index (κ2) is 5.97. The molecule has 0 amide bonds. The molecule has 3 rings (SSSR count). The van der Waals surface area contributed by atoms with E-state index in [1.807, 2.05) is 0 Å². The highest BCUT2D eigenvalue weighted by Gasteiger charge is 2.30. The van der Waals surface area contributed by atoms with Crippen molar-refractivity contribution in [3.8, 4) is 0 Å². The molecule has 2 N–H and O–H groups in total. The van der Waals surface area contributed by atoms with Gasteiger partial charge in [-0.2, -0.15) is 0 Å². The molecule has 25 heavy (non-hydrogen) atoms. The fourth-order valence-corrected chi connectivity index (χ4v) is 6.46. The first-order valence-electron chi connectivity index (χ1n) is 6.96. The van der Waals surface area contributed by atoms with E-state index in [4.69, 9.17) is 0 Å².